The summed E-state index contributed by atoms with van der Waals surface area (Å²) in [5, 5.41) is 8.69. The van der Waals surface area contributed by atoms with Gasteiger partial charge in [0.1, 0.15) is 6.16 Å². The molecule has 9 heteroatoms. The predicted octanol–water partition coefficient (Wildman–Crippen LogP) is -0.187. The van der Waals surface area contributed by atoms with E-state index in [2.05, 4.69) is 4.31 Å². The third kappa shape index (κ3) is 9.51. The Morgan fingerprint density at radius 3 is 2.07 bits per heavy atom. The fourth-order valence-electron chi connectivity index (χ4n) is 0.953. The third-order valence-electron chi connectivity index (χ3n) is 1.70. The summed E-state index contributed by atoms with van der Waals surface area (Å²) in [5.41, 5.74) is 0. The maximum absolute atomic E-state index is 9.17. The summed E-state index contributed by atoms with van der Waals surface area (Å²) in [5.74, 6) is 0.0296. The Balaban J connectivity index is 3.84. The predicted molar refractivity (Wildman–Crippen MR) is 56.4 cm³/mol. The first kappa shape index (κ1) is 15.6. The molecule has 92 valence electrons. The second-order valence-electron chi connectivity index (χ2n) is 3.41. The van der Waals surface area contributed by atoms with E-state index in [1.54, 1.807) is 6.92 Å². The van der Waals surface area contributed by atoms with Crippen LogP contribution in [0.25, 0.3) is 0 Å². The summed E-state index contributed by atoms with van der Waals surface area (Å²) >= 11 is 0. The van der Waals surface area contributed by atoms with Gasteiger partial charge in [0, 0.05) is 6.61 Å². The summed E-state index contributed by atoms with van der Waals surface area (Å²) in [6.07, 6.45) is 0.722. The fraction of sp³-hybridized carbons (Fsp3) is 1.00. The molecule has 6 N–H and O–H groups in total. The standard InChI is InChI=1S/C6H18O7P2/c1-6(5-7)3-2-4-14(8,9)13-15(10,11)12/h6-12H,2-5H2,1H3/q+2. The molecule has 0 aliphatic carbocycles. The number of rotatable bonds is 7. The number of aliphatic hydroxyl groups excluding tert-OH is 1. The van der Waals surface area contributed by atoms with Crippen molar-refractivity contribution in [1.29, 1.82) is 0 Å². The van der Waals surface area contributed by atoms with Gasteiger partial charge in [0.15, 0.2) is 0 Å². The van der Waals surface area contributed by atoms with Crippen LogP contribution in [0.2, 0.25) is 0 Å². The number of hydrogen-bond donors (Lipinski definition) is 6. The SMILES string of the molecule is CC(CO)CCC[P+](O)(O)O[P+](O)(O)O. The van der Waals surface area contributed by atoms with Crippen LogP contribution in [0.3, 0.4) is 0 Å². The van der Waals surface area contributed by atoms with Crippen molar-refractivity contribution in [3.63, 3.8) is 0 Å². The van der Waals surface area contributed by atoms with Gasteiger partial charge in [-0.15, -0.1) is 0 Å². The molecule has 0 heterocycles. The van der Waals surface area contributed by atoms with Gasteiger partial charge in [0.25, 0.3) is 0 Å². The van der Waals surface area contributed by atoms with E-state index >= 15 is 0 Å². The van der Waals surface area contributed by atoms with Crippen molar-refractivity contribution in [1.82, 2.24) is 0 Å². The molecule has 15 heavy (non-hydrogen) atoms. The van der Waals surface area contributed by atoms with Crippen molar-refractivity contribution in [2.24, 2.45) is 5.92 Å². The molecule has 0 amide bonds. The van der Waals surface area contributed by atoms with Crippen LogP contribution in [-0.4, -0.2) is 42.3 Å². The van der Waals surface area contributed by atoms with E-state index in [0.29, 0.717) is 12.8 Å². The lowest BCUT2D eigenvalue weighted by Crippen LogP contribution is -2.06. The van der Waals surface area contributed by atoms with E-state index in [1.807, 2.05) is 0 Å². The normalized spacial score (nSPS) is 15.4. The summed E-state index contributed by atoms with van der Waals surface area (Å²) in [7, 11) is -8.52. The van der Waals surface area contributed by atoms with Gasteiger partial charge in [-0.25, -0.2) is 0 Å². The Morgan fingerprint density at radius 1 is 1.13 bits per heavy atom. The quantitative estimate of drug-likeness (QED) is 0.351. The van der Waals surface area contributed by atoms with Gasteiger partial charge < -0.3 is 5.11 Å². The molecule has 0 saturated heterocycles. The lowest BCUT2D eigenvalue weighted by Gasteiger charge is -2.10. The molecular formula is C6H18O7P2+2. The minimum Gasteiger partial charge on any atom is -0.396 e. The maximum atomic E-state index is 9.17. The zero-order valence-corrected chi connectivity index (χ0v) is 10.2. The van der Waals surface area contributed by atoms with Crippen LogP contribution < -0.4 is 0 Å². The minimum atomic E-state index is -4.61. The molecule has 0 radical (unpaired) electrons. The molecule has 0 aliphatic rings. The van der Waals surface area contributed by atoms with Crippen molar-refractivity contribution >= 4 is 16.1 Å². The molecule has 0 spiro atoms. The lowest BCUT2D eigenvalue weighted by atomic mass is 10.1. The van der Waals surface area contributed by atoms with E-state index in [9.17, 15) is 0 Å². The van der Waals surface area contributed by atoms with Crippen LogP contribution in [0.4, 0.5) is 0 Å². The van der Waals surface area contributed by atoms with Gasteiger partial charge in [-0.1, -0.05) is 6.92 Å². The highest BCUT2D eigenvalue weighted by molar-refractivity contribution is 7.70. The van der Waals surface area contributed by atoms with Crippen LogP contribution in [0.1, 0.15) is 19.8 Å². The molecule has 0 bridgehead atoms. The molecular weight excluding hydrogens is 246 g/mol. The van der Waals surface area contributed by atoms with E-state index in [-0.39, 0.29) is 18.7 Å². The fourth-order valence-corrected chi connectivity index (χ4v) is 3.28. The second kappa shape index (κ2) is 6.35. The van der Waals surface area contributed by atoms with Crippen LogP contribution >= 0.6 is 16.1 Å². The van der Waals surface area contributed by atoms with Crippen LogP contribution in [0.15, 0.2) is 0 Å². The first-order valence-electron chi connectivity index (χ1n) is 4.39. The number of hydrogen-bond acceptors (Lipinski definition) is 7. The van der Waals surface area contributed by atoms with Crippen LogP contribution in [0, 0.1) is 5.92 Å². The van der Waals surface area contributed by atoms with Gasteiger partial charge in [0.2, 0.25) is 0 Å². The Kier molecular flexibility index (Phi) is 6.59. The highest BCUT2D eigenvalue weighted by Crippen LogP contribution is 2.66. The monoisotopic (exact) mass is 264 g/mol. The molecule has 1 unspecified atom stereocenters. The smallest absolute Gasteiger partial charge is 0.396 e. The Morgan fingerprint density at radius 2 is 1.67 bits per heavy atom. The van der Waals surface area contributed by atoms with E-state index in [0.717, 1.165) is 0 Å². The van der Waals surface area contributed by atoms with Crippen molar-refractivity contribution < 1.29 is 33.9 Å². The first-order valence-corrected chi connectivity index (χ1v) is 7.75. The summed E-state index contributed by atoms with van der Waals surface area (Å²) < 4.78 is 3.98. The minimum absolute atomic E-state index is 0.0000955. The zero-order valence-electron chi connectivity index (χ0n) is 8.39. The van der Waals surface area contributed by atoms with E-state index in [1.165, 1.54) is 0 Å². The van der Waals surface area contributed by atoms with Crippen LogP contribution in [-0.2, 0) is 4.31 Å². The Bertz CT molecular complexity index is 181. The summed E-state index contributed by atoms with van der Waals surface area (Å²) in [4.78, 5) is 43.8. The molecule has 1 atom stereocenters. The van der Waals surface area contributed by atoms with Gasteiger partial charge in [-0.2, -0.15) is 24.5 Å². The number of aliphatic hydroxyl groups is 1. The average molecular weight is 264 g/mol. The molecule has 0 aromatic heterocycles. The second-order valence-corrected chi connectivity index (χ2v) is 6.87. The highest BCUT2D eigenvalue weighted by Gasteiger charge is 2.54. The van der Waals surface area contributed by atoms with Crippen molar-refractivity contribution in [2.45, 2.75) is 19.8 Å². The third-order valence-corrected chi connectivity index (χ3v) is 4.52. The topological polar surface area (TPSA) is 131 Å². The van der Waals surface area contributed by atoms with Gasteiger partial charge in [-0.3, -0.25) is 0 Å². The van der Waals surface area contributed by atoms with Gasteiger partial charge in [-0.05, 0) is 18.8 Å². The van der Waals surface area contributed by atoms with Gasteiger partial charge in [0.05, 0.1) is 4.31 Å². The molecule has 0 aromatic carbocycles. The highest BCUT2D eigenvalue weighted by atomic mass is 31.3. The lowest BCUT2D eigenvalue weighted by molar-refractivity contribution is 0.208. The Hall–Kier alpha value is 0.580. The average Bonchev–Trinajstić information content (AvgIpc) is 1.98. The van der Waals surface area contributed by atoms with E-state index < -0.39 is 16.1 Å². The van der Waals surface area contributed by atoms with Crippen LogP contribution in [0.5, 0.6) is 0 Å². The largest absolute Gasteiger partial charge is 0.612 e. The van der Waals surface area contributed by atoms with Gasteiger partial charge >= 0.3 is 16.1 Å². The summed E-state index contributed by atoms with van der Waals surface area (Å²) in [6.45, 7) is 1.79. The molecule has 0 rings (SSSR count). The van der Waals surface area contributed by atoms with Crippen molar-refractivity contribution in [3.8, 4) is 0 Å². The molecule has 0 aliphatic heterocycles. The van der Waals surface area contributed by atoms with E-state index in [4.69, 9.17) is 29.6 Å². The Labute approximate surface area is 89.2 Å². The first-order chi connectivity index (χ1) is 6.66. The molecule has 0 saturated carbocycles. The molecule has 0 fully saturated rings. The van der Waals surface area contributed by atoms with Crippen molar-refractivity contribution in [3.05, 3.63) is 0 Å². The maximum Gasteiger partial charge on any atom is 0.612 e. The molecule has 7 nitrogen and oxygen atoms in total. The molecule has 0 aromatic rings. The van der Waals surface area contributed by atoms with Crippen molar-refractivity contribution in [2.75, 3.05) is 12.8 Å². The zero-order chi connectivity index (χ0) is 12.1. The summed E-state index contributed by atoms with van der Waals surface area (Å²) in [6, 6.07) is 0.